The van der Waals surface area contributed by atoms with E-state index in [1.165, 1.54) is 30.4 Å². The monoisotopic (exact) mass is 274 g/mol. The van der Waals surface area contributed by atoms with Crippen LogP contribution in [0.3, 0.4) is 0 Å². The van der Waals surface area contributed by atoms with E-state index in [9.17, 15) is 4.79 Å². The summed E-state index contributed by atoms with van der Waals surface area (Å²) in [6.45, 7) is 4.88. The molecule has 1 aliphatic rings. The zero-order chi connectivity index (χ0) is 14.4. The van der Waals surface area contributed by atoms with Crippen molar-refractivity contribution in [2.24, 2.45) is 0 Å². The molecular formula is C17H26N2O. The second kappa shape index (κ2) is 7.44. The molecule has 110 valence electrons. The second-order valence-corrected chi connectivity index (χ2v) is 5.72. The number of nitrogens with one attached hydrogen (secondary N) is 2. The number of amides is 1. The third kappa shape index (κ3) is 4.07. The summed E-state index contributed by atoms with van der Waals surface area (Å²) in [6.07, 6.45) is 5.12. The van der Waals surface area contributed by atoms with E-state index >= 15 is 0 Å². The number of rotatable bonds is 6. The van der Waals surface area contributed by atoms with E-state index in [0.717, 1.165) is 13.0 Å². The van der Waals surface area contributed by atoms with Gasteiger partial charge in [-0.25, -0.2) is 0 Å². The zero-order valence-electron chi connectivity index (χ0n) is 12.6. The molecule has 1 aromatic rings. The molecule has 1 amide bonds. The van der Waals surface area contributed by atoms with Crippen LogP contribution in [-0.4, -0.2) is 18.5 Å². The molecule has 20 heavy (non-hydrogen) atoms. The van der Waals surface area contributed by atoms with Crippen LogP contribution >= 0.6 is 0 Å². The Morgan fingerprint density at radius 1 is 1.40 bits per heavy atom. The number of fused-ring (bicyclic) bond motifs is 1. The van der Waals surface area contributed by atoms with Gasteiger partial charge in [-0.2, -0.15) is 0 Å². The van der Waals surface area contributed by atoms with Crippen LogP contribution in [0.25, 0.3) is 0 Å². The summed E-state index contributed by atoms with van der Waals surface area (Å²) < 4.78 is 0. The van der Waals surface area contributed by atoms with Gasteiger partial charge in [-0.15, -0.1) is 0 Å². The van der Waals surface area contributed by atoms with Gasteiger partial charge in [-0.3, -0.25) is 4.79 Å². The predicted molar refractivity (Wildman–Crippen MR) is 82.6 cm³/mol. The van der Waals surface area contributed by atoms with Gasteiger partial charge >= 0.3 is 0 Å². The second-order valence-electron chi connectivity index (χ2n) is 5.72. The van der Waals surface area contributed by atoms with E-state index in [2.05, 4.69) is 41.8 Å². The molecule has 0 bridgehead atoms. The van der Waals surface area contributed by atoms with Gasteiger partial charge in [-0.05, 0) is 43.7 Å². The van der Waals surface area contributed by atoms with Crippen molar-refractivity contribution in [3.63, 3.8) is 0 Å². The van der Waals surface area contributed by atoms with Gasteiger partial charge in [0.1, 0.15) is 0 Å². The number of benzene rings is 1. The number of carbonyl (C=O) groups is 1. The molecule has 2 atom stereocenters. The molecule has 2 unspecified atom stereocenters. The van der Waals surface area contributed by atoms with E-state index in [1.807, 2.05) is 6.92 Å². The van der Waals surface area contributed by atoms with E-state index in [4.69, 9.17) is 0 Å². The van der Waals surface area contributed by atoms with Crippen LogP contribution in [0, 0.1) is 0 Å². The molecule has 0 spiro atoms. The van der Waals surface area contributed by atoms with Gasteiger partial charge in [-0.1, -0.05) is 31.2 Å². The largest absolute Gasteiger partial charge is 0.354 e. The molecular weight excluding hydrogens is 248 g/mol. The normalized spacial score (nSPS) is 19.2. The number of hydrogen-bond acceptors (Lipinski definition) is 2. The van der Waals surface area contributed by atoms with E-state index in [-0.39, 0.29) is 11.9 Å². The molecule has 0 saturated carbocycles. The smallest absolute Gasteiger partial charge is 0.221 e. The van der Waals surface area contributed by atoms with E-state index in [1.54, 1.807) is 0 Å². The molecule has 0 aliphatic heterocycles. The molecule has 2 rings (SSSR count). The van der Waals surface area contributed by atoms with E-state index in [0.29, 0.717) is 12.5 Å². The van der Waals surface area contributed by atoms with Crippen LogP contribution in [0.4, 0.5) is 0 Å². The van der Waals surface area contributed by atoms with Crippen LogP contribution in [0.15, 0.2) is 24.3 Å². The average molecular weight is 274 g/mol. The fourth-order valence-corrected chi connectivity index (χ4v) is 2.77. The highest BCUT2D eigenvalue weighted by Gasteiger charge is 2.19. The first-order valence-electron chi connectivity index (χ1n) is 7.81. The van der Waals surface area contributed by atoms with Crippen molar-refractivity contribution in [3.05, 3.63) is 35.4 Å². The highest BCUT2D eigenvalue weighted by atomic mass is 16.1. The van der Waals surface area contributed by atoms with Crippen molar-refractivity contribution in [2.45, 2.75) is 58.0 Å². The minimum atomic E-state index is 0.149. The summed E-state index contributed by atoms with van der Waals surface area (Å²) in [5.41, 5.74) is 2.88. The van der Waals surface area contributed by atoms with Crippen molar-refractivity contribution in [3.8, 4) is 0 Å². The summed E-state index contributed by atoms with van der Waals surface area (Å²) in [4.78, 5) is 11.7. The van der Waals surface area contributed by atoms with Gasteiger partial charge in [0, 0.05) is 25.0 Å². The molecule has 0 saturated heterocycles. The topological polar surface area (TPSA) is 41.1 Å². The first-order chi connectivity index (χ1) is 9.70. The van der Waals surface area contributed by atoms with Crippen molar-refractivity contribution in [1.82, 2.24) is 10.6 Å². The standard InChI is InChI=1S/C17H26N2O/c1-3-13(2)19-17(20)11-12-18-16-10-6-8-14-7-4-5-9-15(14)16/h4-5,7,9,13,16,18H,3,6,8,10-12H2,1-2H3,(H,19,20). The summed E-state index contributed by atoms with van der Waals surface area (Å²) in [5, 5.41) is 6.55. The summed E-state index contributed by atoms with van der Waals surface area (Å²) in [5.74, 6) is 0.149. The van der Waals surface area contributed by atoms with Crippen molar-refractivity contribution >= 4 is 5.91 Å². The highest BCUT2D eigenvalue weighted by Crippen LogP contribution is 2.29. The maximum Gasteiger partial charge on any atom is 0.221 e. The Labute approximate surface area is 122 Å². The van der Waals surface area contributed by atoms with Gasteiger partial charge in [0.2, 0.25) is 5.91 Å². The Morgan fingerprint density at radius 3 is 3.00 bits per heavy atom. The molecule has 0 fully saturated rings. The number of hydrogen-bond donors (Lipinski definition) is 2. The van der Waals surface area contributed by atoms with Crippen molar-refractivity contribution < 1.29 is 4.79 Å². The Kier molecular flexibility index (Phi) is 5.60. The first-order valence-corrected chi connectivity index (χ1v) is 7.81. The molecule has 0 aromatic heterocycles. The van der Waals surface area contributed by atoms with Gasteiger partial charge < -0.3 is 10.6 Å². The Hall–Kier alpha value is -1.35. The van der Waals surface area contributed by atoms with Crippen LogP contribution in [-0.2, 0) is 11.2 Å². The lowest BCUT2D eigenvalue weighted by Gasteiger charge is -2.26. The minimum absolute atomic E-state index is 0.149. The summed E-state index contributed by atoms with van der Waals surface area (Å²) >= 11 is 0. The lowest BCUT2D eigenvalue weighted by Crippen LogP contribution is -2.35. The highest BCUT2D eigenvalue weighted by molar-refractivity contribution is 5.76. The molecule has 0 heterocycles. The third-order valence-electron chi connectivity index (χ3n) is 4.13. The zero-order valence-corrected chi connectivity index (χ0v) is 12.6. The maximum atomic E-state index is 11.7. The van der Waals surface area contributed by atoms with Gasteiger partial charge in [0.05, 0.1) is 0 Å². The van der Waals surface area contributed by atoms with Gasteiger partial charge in [0.15, 0.2) is 0 Å². The van der Waals surface area contributed by atoms with Gasteiger partial charge in [0.25, 0.3) is 0 Å². The number of carbonyl (C=O) groups excluding carboxylic acids is 1. The van der Waals surface area contributed by atoms with E-state index < -0.39 is 0 Å². The molecule has 1 aromatic carbocycles. The van der Waals surface area contributed by atoms with Crippen LogP contribution < -0.4 is 10.6 Å². The van der Waals surface area contributed by atoms with Crippen molar-refractivity contribution in [1.29, 1.82) is 0 Å². The van der Waals surface area contributed by atoms with Crippen molar-refractivity contribution in [2.75, 3.05) is 6.54 Å². The Bertz CT molecular complexity index is 444. The Morgan fingerprint density at radius 2 is 2.20 bits per heavy atom. The molecule has 0 radical (unpaired) electrons. The molecule has 3 nitrogen and oxygen atoms in total. The molecule has 1 aliphatic carbocycles. The summed E-state index contributed by atoms with van der Waals surface area (Å²) in [7, 11) is 0. The van der Waals surface area contributed by atoms with Crippen LogP contribution in [0.5, 0.6) is 0 Å². The summed E-state index contributed by atoms with van der Waals surface area (Å²) in [6, 6.07) is 9.34. The quantitative estimate of drug-likeness (QED) is 0.837. The maximum absolute atomic E-state index is 11.7. The predicted octanol–water partition coefficient (Wildman–Crippen LogP) is 2.96. The molecule has 3 heteroatoms. The third-order valence-corrected chi connectivity index (χ3v) is 4.13. The Balaban J connectivity index is 1.79. The SMILES string of the molecule is CCC(C)NC(=O)CCNC1CCCc2ccccc21. The fourth-order valence-electron chi connectivity index (χ4n) is 2.77. The minimum Gasteiger partial charge on any atom is -0.354 e. The lowest BCUT2D eigenvalue weighted by atomic mass is 9.88. The first kappa shape index (κ1) is 15.0. The number of aryl methyl sites for hydroxylation is 1. The van der Waals surface area contributed by atoms with Crippen LogP contribution in [0.1, 0.15) is 56.7 Å². The average Bonchev–Trinajstić information content (AvgIpc) is 2.47. The molecule has 2 N–H and O–H groups in total. The lowest BCUT2D eigenvalue weighted by molar-refractivity contribution is -0.121. The fraction of sp³-hybridized carbons (Fsp3) is 0.588. The van der Waals surface area contributed by atoms with Crippen LogP contribution in [0.2, 0.25) is 0 Å².